The molecule has 0 saturated carbocycles. The van der Waals surface area contributed by atoms with Crippen molar-refractivity contribution >= 4 is 5.97 Å². The number of benzene rings is 1. The van der Waals surface area contributed by atoms with E-state index >= 15 is 0 Å². The first-order valence-electron chi connectivity index (χ1n) is 7.14. The van der Waals surface area contributed by atoms with Gasteiger partial charge in [0.2, 0.25) is 0 Å². The first-order chi connectivity index (χ1) is 9.72. The average Bonchev–Trinajstić information content (AvgIpc) is 2.49. The fourth-order valence-corrected chi connectivity index (χ4v) is 2.74. The molecule has 1 saturated heterocycles. The molecule has 4 heteroatoms. The van der Waals surface area contributed by atoms with Crippen LogP contribution in [0.15, 0.2) is 24.3 Å². The molecule has 1 aliphatic heterocycles. The maximum absolute atomic E-state index is 11.3. The fraction of sp³-hybridized carbons (Fsp3) is 0.588. The molecular weight excluding hydrogens is 266 g/mol. The van der Waals surface area contributed by atoms with E-state index in [4.69, 9.17) is 9.47 Å². The number of nitrogens with zero attached hydrogens (tertiary/aromatic N) is 1. The molecule has 1 heterocycles. The number of ether oxygens (including phenoxy) is 2. The lowest BCUT2D eigenvalue weighted by Gasteiger charge is -2.31. The van der Waals surface area contributed by atoms with Crippen molar-refractivity contribution in [1.29, 1.82) is 0 Å². The number of likely N-dealkylation sites (tertiary alicyclic amines) is 1. The minimum Gasteiger partial charge on any atom is -0.496 e. The van der Waals surface area contributed by atoms with Crippen LogP contribution in [-0.4, -0.2) is 38.2 Å². The van der Waals surface area contributed by atoms with Crippen LogP contribution >= 0.6 is 0 Å². The summed E-state index contributed by atoms with van der Waals surface area (Å²) in [6.07, 6.45) is 2.67. The normalized spacial score (nSPS) is 16.1. The van der Waals surface area contributed by atoms with Crippen molar-refractivity contribution in [2.24, 2.45) is 5.92 Å². The highest BCUT2D eigenvalue weighted by Gasteiger charge is 2.22. The second-order valence-corrected chi connectivity index (χ2v) is 5.31. The number of carbonyl (C=O) groups excluding carboxylic acids is 1. The molecule has 2 rings (SSSR count). The number of piperidine rings is 1. The van der Waals surface area contributed by atoms with E-state index in [1.165, 1.54) is 12.7 Å². The van der Waals surface area contributed by atoms with Crippen molar-refractivity contribution in [3.63, 3.8) is 0 Å². The smallest absolute Gasteiger partial charge is 0.305 e. The summed E-state index contributed by atoms with van der Waals surface area (Å²) in [4.78, 5) is 13.7. The van der Waals surface area contributed by atoms with Gasteiger partial charge in [0.25, 0.3) is 0 Å². The maximum Gasteiger partial charge on any atom is 0.305 e. The minimum atomic E-state index is -0.0896. The van der Waals surface area contributed by atoms with Crippen molar-refractivity contribution in [3.8, 4) is 5.75 Å². The van der Waals surface area contributed by atoms with Gasteiger partial charge < -0.3 is 9.47 Å². The Morgan fingerprint density at radius 3 is 2.52 bits per heavy atom. The molecule has 0 atom stereocenters. The Bertz CT molecular complexity index is 439. The lowest BCUT2D eigenvalue weighted by Crippen LogP contribution is -2.34. The third-order valence-corrected chi connectivity index (χ3v) is 3.98. The van der Waals surface area contributed by atoms with Gasteiger partial charge in [-0.15, -0.1) is 0 Å². The van der Waals surface area contributed by atoms with Crippen LogP contribution in [0.2, 0.25) is 0 Å². The van der Waals surface area contributed by atoms with E-state index in [0.717, 1.165) is 38.2 Å². The van der Waals surface area contributed by atoms with Gasteiger partial charge in [0.05, 0.1) is 14.2 Å². The molecule has 0 aromatic heterocycles. The minimum absolute atomic E-state index is 0. The van der Waals surface area contributed by atoms with Crippen LogP contribution in [0.4, 0.5) is 0 Å². The van der Waals surface area contributed by atoms with E-state index in [2.05, 4.69) is 11.0 Å². The van der Waals surface area contributed by atoms with Gasteiger partial charge in [-0.2, -0.15) is 0 Å². The summed E-state index contributed by atoms with van der Waals surface area (Å²) in [5, 5.41) is 0. The predicted molar refractivity (Wildman–Crippen MR) is 84.4 cm³/mol. The Labute approximate surface area is 128 Å². The van der Waals surface area contributed by atoms with Crippen LogP contribution in [0.1, 0.15) is 32.3 Å². The Kier molecular flexibility index (Phi) is 7.23. The highest BCUT2D eigenvalue weighted by Crippen LogP contribution is 2.25. The Hall–Kier alpha value is -1.55. The molecule has 0 N–H and O–H groups in total. The van der Waals surface area contributed by atoms with Crippen LogP contribution < -0.4 is 4.74 Å². The third-order valence-electron chi connectivity index (χ3n) is 3.98. The quantitative estimate of drug-likeness (QED) is 0.782. The van der Waals surface area contributed by atoms with E-state index in [1.54, 1.807) is 7.11 Å². The summed E-state index contributed by atoms with van der Waals surface area (Å²) in [7, 11) is 3.17. The van der Waals surface area contributed by atoms with Gasteiger partial charge in [0, 0.05) is 18.5 Å². The summed E-state index contributed by atoms with van der Waals surface area (Å²) in [6.45, 7) is 2.97. The molecule has 1 fully saturated rings. The number of hydrogen-bond acceptors (Lipinski definition) is 4. The maximum atomic E-state index is 11.3. The van der Waals surface area contributed by atoms with E-state index < -0.39 is 0 Å². The van der Waals surface area contributed by atoms with Crippen LogP contribution in [0.25, 0.3) is 0 Å². The van der Waals surface area contributed by atoms with Gasteiger partial charge in [-0.1, -0.05) is 25.6 Å². The number of hydrogen-bond donors (Lipinski definition) is 0. The monoisotopic (exact) mass is 293 g/mol. The van der Waals surface area contributed by atoms with Crippen LogP contribution in [-0.2, 0) is 16.1 Å². The summed E-state index contributed by atoms with van der Waals surface area (Å²) >= 11 is 0. The SMILES string of the molecule is C.COC(=O)CC1CCN(Cc2ccccc2OC)CC1. The zero-order chi connectivity index (χ0) is 14.4. The number of carbonyl (C=O) groups is 1. The molecule has 4 nitrogen and oxygen atoms in total. The van der Waals surface area contributed by atoms with Crippen molar-refractivity contribution in [2.45, 2.75) is 33.2 Å². The van der Waals surface area contributed by atoms with E-state index in [0.29, 0.717) is 12.3 Å². The first-order valence-corrected chi connectivity index (χ1v) is 7.14. The highest BCUT2D eigenvalue weighted by atomic mass is 16.5. The van der Waals surface area contributed by atoms with Crippen molar-refractivity contribution in [2.75, 3.05) is 27.3 Å². The number of esters is 1. The number of rotatable bonds is 5. The summed E-state index contributed by atoms with van der Waals surface area (Å²) < 4.78 is 10.1. The average molecular weight is 293 g/mol. The molecule has 0 aliphatic carbocycles. The first kappa shape index (κ1) is 17.5. The fourth-order valence-electron chi connectivity index (χ4n) is 2.74. The van der Waals surface area contributed by atoms with Gasteiger partial charge in [-0.25, -0.2) is 0 Å². The molecule has 1 aromatic carbocycles. The van der Waals surface area contributed by atoms with Crippen molar-refractivity contribution < 1.29 is 14.3 Å². The lowest BCUT2D eigenvalue weighted by molar-refractivity contribution is -0.142. The zero-order valence-corrected chi connectivity index (χ0v) is 12.3. The molecule has 1 aromatic rings. The standard InChI is InChI=1S/C16H23NO3.CH4/c1-19-15-6-4-3-5-14(15)12-17-9-7-13(8-10-17)11-16(18)20-2;/h3-6,13H,7-12H2,1-2H3;1H4. The van der Waals surface area contributed by atoms with Crippen LogP contribution in [0.5, 0.6) is 5.75 Å². The molecule has 0 spiro atoms. The molecule has 1 aliphatic rings. The van der Waals surface area contributed by atoms with Crippen molar-refractivity contribution in [1.82, 2.24) is 4.90 Å². The molecule has 0 unspecified atom stereocenters. The molecule has 0 radical (unpaired) electrons. The van der Waals surface area contributed by atoms with E-state index in [1.807, 2.05) is 18.2 Å². The van der Waals surface area contributed by atoms with Gasteiger partial charge in [0.1, 0.15) is 5.75 Å². The van der Waals surface area contributed by atoms with E-state index in [9.17, 15) is 4.79 Å². The van der Waals surface area contributed by atoms with Gasteiger partial charge in [-0.3, -0.25) is 9.69 Å². The zero-order valence-electron chi connectivity index (χ0n) is 12.3. The molecule has 21 heavy (non-hydrogen) atoms. The predicted octanol–water partition coefficient (Wildman–Crippen LogP) is 3.11. The van der Waals surface area contributed by atoms with Crippen molar-refractivity contribution in [3.05, 3.63) is 29.8 Å². The molecule has 0 bridgehead atoms. The Morgan fingerprint density at radius 2 is 1.90 bits per heavy atom. The van der Waals surface area contributed by atoms with Crippen LogP contribution in [0, 0.1) is 5.92 Å². The number of methoxy groups -OCH3 is 2. The number of para-hydroxylation sites is 1. The summed E-state index contributed by atoms with van der Waals surface area (Å²) in [6, 6.07) is 8.14. The lowest BCUT2D eigenvalue weighted by atomic mass is 9.93. The molecule has 0 amide bonds. The highest BCUT2D eigenvalue weighted by molar-refractivity contribution is 5.69. The third kappa shape index (κ3) is 5.05. The largest absolute Gasteiger partial charge is 0.496 e. The molecular formula is C17H27NO3. The Balaban J connectivity index is 0.00000220. The summed E-state index contributed by atoms with van der Waals surface area (Å²) in [5.74, 6) is 1.33. The molecule has 118 valence electrons. The van der Waals surface area contributed by atoms with Gasteiger partial charge in [-0.05, 0) is 37.9 Å². The second-order valence-electron chi connectivity index (χ2n) is 5.31. The topological polar surface area (TPSA) is 38.8 Å². The van der Waals surface area contributed by atoms with Gasteiger partial charge in [0.15, 0.2) is 0 Å². The van der Waals surface area contributed by atoms with Gasteiger partial charge >= 0.3 is 5.97 Å². The summed E-state index contributed by atoms with van der Waals surface area (Å²) in [5.41, 5.74) is 1.22. The van der Waals surface area contributed by atoms with E-state index in [-0.39, 0.29) is 13.4 Å². The van der Waals surface area contributed by atoms with Crippen LogP contribution in [0.3, 0.4) is 0 Å². The second kappa shape index (κ2) is 8.67. The Morgan fingerprint density at radius 1 is 1.24 bits per heavy atom.